The maximum atomic E-state index is 12.3. The summed E-state index contributed by atoms with van der Waals surface area (Å²) in [6.07, 6.45) is -3.09. The van der Waals surface area contributed by atoms with Gasteiger partial charge in [-0.1, -0.05) is 6.92 Å². The molecule has 0 aliphatic heterocycles. The third kappa shape index (κ3) is 3.81. The molecule has 0 radical (unpaired) electrons. The summed E-state index contributed by atoms with van der Waals surface area (Å²) in [5.74, 6) is -1.10. The van der Waals surface area contributed by atoms with E-state index in [1.807, 2.05) is 13.8 Å². The van der Waals surface area contributed by atoms with Crippen molar-refractivity contribution in [2.75, 3.05) is 11.9 Å². The fourth-order valence-corrected chi connectivity index (χ4v) is 2.03. The minimum atomic E-state index is -4.49. The van der Waals surface area contributed by atoms with Gasteiger partial charge in [-0.15, -0.1) is 0 Å². The quantitative estimate of drug-likeness (QED) is 0.861. The van der Waals surface area contributed by atoms with Gasteiger partial charge in [0.2, 0.25) is 11.0 Å². The molecular formula is C9H15F3N4S. The van der Waals surface area contributed by atoms with Crippen molar-refractivity contribution >= 4 is 16.7 Å². The molecule has 0 saturated heterocycles. The van der Waals surface area contributed by atoms with Gasteiger partial charge in [-0.2, -0.15) is 22.5 Å². The normalized spacial score (nSPS) is 15.6. The van der Waals surface area contributed by atoms with Crippen molar-refractivity contribution in [3.05, 3.63) is 5.82 Å². The average molecular weight is 268 g/mol. The minimum Gasteiger partial charge on any atom is -0.355 e. The van der Waals surface area contributed by atoms with Crippen molar-refractivity contribution in [3.63, 3.8) is 0 Å². The summed E-state index contributed by atoms with van der Waals surface area (Å²) in [5.41, 5.74) is 5.12. The second-order valence-corrected chi connectivity index (χ2v) is 4.75. The van der Waals surface area contributed by atoms with Crippen molar-refractivity contribution in [2.24, 2.45) is 5.73 Å². The number of rotatable bonds is 5. The van der Waals surface area contributed by atoms with Crippen LogP contribution in [0, 0.1) is 0 Å². The number of aromatic nitrogens is 2. The molecule has 1 unspecified atom stereocenters. The van der Waals surface area contributed by atoms with Crippen molar-refractivity contribution in [3.8, 4) is 0 Å². The number of hydrogen-bond donors (Lipinski definition) is 2. The molecule has 0 amide bonds. The van der Waals surface area contributed by atoms with Crippen LogP contribution in [0.15, 0.2) is 0 Å². The van der Waals surface area contributed by atoms with Crippen LogP contribution in [0.2, 0.25) is 0 Å². The molecule has 1 atom stereocenters. The van der Waals surface area contributed by atoms with Crippen LogP contribution in [0.3, 0.4) is 0 Å². The molecule has 1 aromatic rings. The van der Waals surface area contributed by atoms with E-state index >= 15 is 0 Å². The highest BCUT2D eigenvalue weighted by Crippen LogP contribution is 2.30. The highest BCUT2D eigenvalue weighted by molar-refractivity contribution is 7.09. The summed E-state index contributed by atoms with van der Waals surface area (Å²) in [6.45, 7) is 4.30. The molecule has 0 aromatic carbocycles. The van der Waals surface area contributed by atoms with E-state index in [1.54, 1.807) is 0 Å². The van der Waals surface area contributed by atoms with Gasteiger partial charge in [0.05, 0.1) is 0 Å². The van der Waals surface area contributed by atoms with Crippen LogP contribution in [-0.2, 0) is 6.18 Å². The molecule has 1 rings (SSSR count). The number of alkyl halides is 3. The number of halogens is 3. The Morgan fingerprint density at radius 3 is 2.47 bits per heavy atom. The summed E-state index contributed by atoms with van der Waals surface area (Å²) in [4.78, 5) is 3.43. The molecule has 0 aliphatic carbocycles. The SMILES string of the molecule is CCC(C)(CCN)Nc1nc(C(F)(F)F)ns1. The number of nitrogens with two attached hydrogens (primary N) is 1. The Bertz CT molecular complexity index is 365. The fraction of sp³-hybridized carbons (Fsp3) is 0.778. The van der Waals surface area contributed by atoms with E-state index in [2.05, 4.69) is 14.7 Å². The van der Waals surface area contributed by atoms with Gasteiger partial charge in [-0.25, -0.2) is 0 Å². The summed E-state index contributed by atoms with van der Waals surface area (Å²) in [6, 6.07) is 0. The molecule has 3 N–H and O–H groups in total. The first-order valence-corrected chi connectivity index (χ1v) is 5.97. The molecule has 1 heterocycles. The second-order valence-electron chi connectivity index (χ2n) is 4.00. The Hall–Kier alpha value is -0.890. The molecule has 98 valence electrons. The lowest BCUT2D eigenvalue weighted by molar-refractivity contribution is -0.144. The first-order valence-electron chi connectivity index (χ1n) is 5.20. The van der Waals surface area contributed by atoms with Gasteiger partial charge < -0.3 is 11.1 Å². The summed E-state index contributed by atoms with van der Waals surface area (Å²) in [5, 5.41) is 3.14. The van der Waals surface area contributed by atoms with Gasteiger partial charge in [0.1, 0.15) is 0 Å². The Balaban J connectivity index is 2.78. The van der Waals surface area contributed by atoms with E-state index < -0.39 is 12.0 Å². The van der Waals surface area contributed by atoms with E-state index in [-0.39, 0.29) is 10.7 Å². The molecule has 0 saturated carbocycles. The fourth-order valence-electron chi connectivity index (χ4n) is 1.29. The van der Waals surface area contributed by atoms with Crippen LogP contribution >= 0.6 is 11.5 Å². The predicted molar refractivity (Wildman–Crippen MR) is 60.9 cm³/mol. The number of nitrogens with one attached hydrogen (secondary N) is 1. The monoisotopic (exact) mass is 268 g/mol. The highest BCUT2D eigenvalue weighted by Gasteiger charge is 2.36. The Morgan fingerprint density at radius 2 is 2.06 bits per heavy atom. The standard InChI is InChI=1S/C9H15F3N4S/c1-3-8(2,4-5-13)15-7-14-6(16-17-7)9(10,11)12/h3-5,13H2,1-2H3,(H,14,15,16). The molecule has 8 heteroatoms. The van der Waals surface area contributed by atoms with Gasteiger partial charge in [0.15, 0.2) is 0 Å². The summed E-state index contributed by atoms with van der Waals surface area (Å²) >= 11 is 0.711. The van der Waals surface area contributed by atoms with E-state index in [0.717, 1.165) is 6.42 Å². The third-order valence-electron chi connectivity index (χ3n) is 2.56. The Kier molecular flexibility index (Phi) is 4.31. The van der Waals surface area contributed by atoms with Gasteiger partial charge in [0, 0.05) is 17.1 Å². The first kappa shape index (κ1) is 14.2. The molecule has 0 aliphatic rings. The lowest BCUT2D eigenvalue weighted by atomic mass is 9.95. The smallest absolute Gasteiger partial charge is 0.355 e. The minimum absolute atomic E-state index is 0.176. The van der Waals surface area contributed by atoms with Crippen molar-refractivity contribution in [1.82, 2.24) is 9.36 Å². The molecule has 4 nitrogen and oxygen atoms in total. The third-order valence-corrected chi connectivity index (χ3v) is 3.20. The van der Waals surface area contributed by atoms with Crippen LogP contribution < -0.4 is 11.1 Å². The van der Waals surface area contributed by atoms with Crippen LogP contribution in [-0.4, -0.2) is 21.4 Å². The average Bonchev–Trinajstić information content (AvgIpc) is 2.66. The van der Waals surface area contributed by atoms with E-state index in [1.165, 1.54) is 0 Å². The topological polar surface area (TPSA) is 63.8 Å². The van der Waals surface area contributed by atoms with E-state index in [4.69, 9.17) is 5.73 Å². The van der Waals surface area contributed by atoms with Crippen molar-refractivity contribution in [2.45, 2.75) is 38.4 Å². The molecule has 17 heavy (non-hydrogen) atoms. The van der Waals surface area contributed by atoms with Crippen molar-refractivity contribution < 1.29 is 13.2 Å². The van der Waals surface area contributed by atoms with Gasteiger partial charge in [-0.05, 0) is 26.3 Å². The zero-order chi connectivity index (χ0) is 13.1. The maximum Gasteiger partial charge on any atom is 0.452 e. The Labute approximate surface area is 102 Å². The van der Waals surface area contributed by atoms with Crippen LogP contribution in [0.1, 0.15) is 32.5 Å². The van der Waals surface area contributed by atoms with E-state index in [0.29, 0.717) is 24.5 Å². The van der Waals surface area contributed by atoms with Crippen LogP contribution in [0.4, 0.5) is 18.3 Å². The summed E-state index contributed by atoms with van der Waals surface area (Å²) in [7, 11) is 0. The molecule has 0 bridgehead atoms. The largest absolute Gasteiger partial charge is 0.452 e. The molecule has 1 aromatic heterocycles. The lowest BCUT2D eigenvalue weighted by Crippen LogP contribution is -2.36. The molecular weight excluding hydrogens is 253 g/mol. The number of nitrogens with zero attached hydrogens (tertiary/aromatic N) is 2. The van der Waals surface area contributed by atoms with Crippen LogP contribution in [0.25, 0.3) is 0 Å². The van der Waals surface area contributed by atoms with Crippen molar-refractivity contribution in [1.29, 1.82) is 0 Å². The number of hydrogen-bond acceptors (Lipinski definition) is 5. The zero-order valence-corrected chi connectivity index (χ0v) is 10.5. The lowest BCUT2D eigenvalue weighted by Gasteiger charge is -2.28. The molecule has 0 fully saturated rings. The van der Waals surface area contributed by atoms with E-state index in [9.17, 15) is 13.2 Å². The predicted octanol–water partition coefficient (Wildman–Crippen LogP) is 2.49. The second kappa shape index (κ2) is 5.18. The number of anilines is 1. The highest BCUT2D eigenvalue weighted by atomic mass is 32.1. The zero-order valence-electron chi connectivity index (χ0n) is 9.64. The Morgan fingerprint density at radius 1 is 1.41 bits per heavy atom. The van der Waals surface area contributed by atoms with Gasteiger partial charge in [-0.3, -0.25) is 0 Å². The first-order chi connectivity index (χ1) is 7.80. The summed E-state index contributed by atoms with van der Waals surface area (Å²) < 4.78 is 40.2. The molecule has 0 spiro atoms. The van der Waals surface area contributed by atoms with Crippen LogP contribution in [0.5, 0.6) is 0 Å². The van der Waals surface area contributed by atoms with Gasteiger partial charge >= 0.3 is 6.18 Å². The maximum absolute atomic E-state index is 12.3. The van der Waals surface area contributed by atoms with Gasteiger partial charge in [0.25, 0.3) is 0 Å².